The summed E-state index contributed by atoms with van der Waals surface area (Å²) in [4.78, 5) is 38.7. The molecule has 0 saturated carbocycles. The van der Waals surface area contributed by atoms with Crippen molar-refractivity contribution in [3.8, 4) is 0 Å². The van der Waals surface area contributed by atoms with E-state index in [-0.39, 0.29) is 17.2 Å². The van der Waals surface area contributed by atoms with Crippen LogP contribution in [0.2, 0.25) is 0 Å². The maximum absolute atomic E-state index is 13.8. The minimum absolute atomic E-state index is 0.241. The summed E-state index contributed by atoms with van der Waals surface area (Å²) < 4.78 is 68.1. The van der Waals surface area contributed by atoms with E-state index in [1.807, 2.05) is 0 Å². The molecule has 7 unspecified atom stereocenters. The summed E-state index contributed by atoms with van der Waals surface area (Å²) in [6.45, 7) is 5.36. The molecule has 0 aromatic heterocycles. The third kappa shape index (κ3) is 3.30. The van der Waals surface area contributed by atoms with E-state index in [1.165, 1.54) is 18.7 Å². The van der Waals surface area contributed by atoms with Crippen LogP contribution in [-0.4, -0.2) is 75.8 Å². The number of ether oxygens (including phenoxy) is 2. The van der Waals surface area contributed by atoms with Crippen LogP contribution in [0.4, 0.5) is 8.78 Å². The van der Waals surface area contributed by atoms with Crippen molar-refractivity contribution in [2.45, 2.75) is 67.7 Å². The van der Waals surface area contributed by atoms with Crippen LogP contribution in [0.1, 0.15) is 27.7 Å². The van der Waals surface area contributed by atoms with Crippen molar-refractivity contribution in [2.24, 2.45) is 11.8 Å². The van der Waals surface area contributed by atoms with Crippen LogP contribution in [0, 0.1) is 11.8 Å². The van der Waals surface area contributed by atoms with Crippen molar-refractivity contribution in [3.05, 3.63) is 0 Å². The summed E-state index contributed by atoms with van der Waals surface area (Å²) in [7, 11) is -5.81. The largest absolute Gasteiger partial charge is 0.459 e. The predicted molar refractivity (Wildman–Crippen MR) is 95.5 cm³/mol. The quantitative estimate of drug-likeness (QED) is 0.452. The van der Waals surface area contributed by atoms with Gasteiger partial charge in [0.15, 0.2) is 6.10 Å². The Hall–Kier alpha value is -1.47. The number of carbonyl (C=O) groups is 3. The molecular weight excluding hydrogens is 436 g/mol. The Morgan fingerprint density at radius 3 is 2.31 bits per heavy atom. The molecule has 164 valence electrons. The van der Waals surface area contributed by atoms with Crippen molar-refractivity contribution in [2.75, 3.05) is 0 Å². The number of nitrogens with zero attached hydrogens (tertiary/aromatic N) is 1. The van der Waals surface area contributed by atoms with Gasteiger partial charge in [0.1, 0.15) is 6.10 Å². The van der Waals surface area contributed by atoms with Gasteiger partial charge in [0.2, 0.25) is 5.91 Å². The average Bonchev–Trinajstić information content (AvgIpc) is 3.15. The predicted octanol–water partition coefficient (Wildman–Crippen LogP) is 0.680. The number of thioether (sulfide) groups is 1. The van der Waals surface area contributed by atoms with Gasteiger partial charge >= 0.3 is 27.3 Å². The minimum Gasteiger partial charge on any atom is -0.459 e. The van der Waals surface area contributed by atoms with Gasteiger partial charge in [-0.15, -0.1) is 11.8 Å². The lowest BCUT2D eigenvalue weighted by Crippen LogP contribution is -2.52. The molecule has 3 rings (SSSR count). The summed E-state index contributed by atoms with van der Waals surface area (Å²) in [6, 6.07) is -0.679. The van der Waals surface area contributed by atoms with Crippen LogP contribution >= 0.6 is 11.8 Å². The fraction of sp³-hybridized carbons (Fsp3) is 0.812. The van der Waals surface area contributed by atoms with Gasteiger partial charge in [-0.3, -0.25) is 18.9 Å². The summed E-state index contributed by atoms with van der Waals surface area (Å²) in [5, 5.41) is -5.78. The topological polar surface area (TPSA) is 127 Å². The van der Waals surface area contributed by atoms with Crippen LogP contribution in [0.3, 0.4) is 0 Å². The Bertz CT molecular complexity index is 848. The molecule has 9 nitrogen and oxygen atoms in total. The van der Waals surface area contributed by atoms with E-state index in [2.05, 4.69) is 4.74 Å². The van der Waals surface area contributed by atoms with Gasteiger partial charge in [0, 0.05) is 18.2 Å². The third-order valence-corrected chi connectivity index (χ3v) is 8.29. The molecule has 3 aliphatic rings. The zero-order valence-corrected chi connectivity index (χ0v) is 17.6. The smallest absolute Gasteiger partial charge is 0.405 e. The van der Waals surface area contributed by atoms with E-state index in [0.29, 0.717) is 6.92 Å². The normalized spacial score (nSPS) is 34.6. The van der Waals surface area contributed by atoms with Crippen LogP contribution in [0.25, 0.3) is 0 Å². The first-order valence-corrected chi connectivity index (χ1v) is 11.3. The van der Waals surface area contributed by atoms with Gasteiger partial charge in [-0.2, -0.15) is 17.2 Å². The molecule has 7 atom stereocenters. The van der Waals surface area contributed by atoms with Gasteiger partial charge in [0.25, 0.3) is 0 Å². The van der Waals surface area contributed by atoms with Crippen molar-refractivity contribution < 1.29 is 45.6 Å². The highest BCUT2D eigenvalue weighted by Crippen LogP contribution is 2.60. The lowest BCUT2D eigenvalue weighted by Gasteiger charge is -2.34. The Kier molecular flexibility index (Phi) is 5.40. The molecule has 13 heteroatoms. The number of rotatable bonds is 6. The first-order valence-electron chi connectivity index (χ1n) is 8.90. The van der Waals surface area contributed by atoms with Gasteiger partial charge in [-0.25, -0.2) is 0 Å². The van der Waals surface area contributed by atoms with Gasteiger partial charge in [-0.1, -0.05) is 0 Å². The van der Waals surface area contributed by atoms with E-state index in [4.69, 9.17) is 9.29 Å². The number of fused-ring (bicyclic) bond motifs is 1. The minimum atomic E-state index is -5.81. The molecule has 0 spiro atoms. The van der Waals surface area contributed by atoms with Crippen LogP contribution in [-0.2, 0) is 34.0 Å². The number of halogens is 2. The van der Waals surface area contributed by atoms with Crippen molar-refractivity contribution in [1.29, 1.82) is 0 Å². The van der Waals surface area contributed by atoms with E-state index in [0.717, 1.165) is 0 Å². The second-order valence-electron chi connectivity index (χ2n) is 7.64. The fourth-order valence-corrected chi connectivity index (χ4v) is 6.94. The van der Waals surface area contributed by atoms with Gasteiger partial charge < -0.3 is 14.4 Å². The monoisotopic (exact) mass is 457 g/mol. The highest BCUT2D eigenvalue weighted by Gasteiger charge is 2.72. The number of carbonyl (C=O) groups excluding carboxylic acids is 3. The molecule has 3 fully saturated rings. The van der Waals surface area contributed by atoms with E-state index in [1.54, 1.807) is 18.7 Å². The highest BCUT2D eigenvalue weighted by molar-refractivity contribution is 8.01. The zero-order chi connectivity index (χ0) is 22.0. The molecule has 3 aliphatic heterocycles. The third-order valence-electron chi connectivity index (χ3n) is 5.51. The fourth-order valence-electron chi connectivity index (χ4n) is 4.38. The molecule has 2 bridgehead atoms. The molecule has 1 N–H and O–H groups in total. The van der Waals surface area contributed by atoms with Crippen molar-refractivity contribution >= 4 is 39.7 Å². The second kappa shape index (κ2) is 7.05. The number of alkyl halides is 2. The van der Waals surface area contributed by atoms with Crippen LogP contribution < -0.4 is 0 Å². The lowest BCUT2D eigenvalue weighted by molar-refractivity contribution is -0.169. The summed E-state index contributed by atoms with van der Waals surface area (Å²) in [6.07, 6.45) is -3.29. The van der Waals surface area contributed by atoms with E-state index < -0.39 is 62.6 Å². The molecule has 0 aromatic carbocycles. The number of hydrogen-bond acceptors (Lipinski definition) is 8. The molecule has 0 radical (unpaired) electrons. The maximum atomic E-state index is 13.8. The Balaban J connectivity index is 1.90. The summed E-state index contributed by atoms with van der Waals surface area (Å²) in [5.74, 6) is -4.19. The number of likely N-dealkylation sites (tertiary alicyclic amines) is 1. The molecule has 3 saturated heterocycles. The summed E-state index contributed by atoms with van der Waals surface area (Å²) >= 11 is 1.27. The first-order chi connectivity index (χ1) is 13.2. The van der Waals surface area contributed by atoms with Gasteiger partial charge in [-0.05, 0) is 20.8 Å². The SMILES string of the molecule is CC(=O)OC1C2SC3C(C(=O)N(C(C)C)C13)C2C(=O)OC(C)C(F)(F)S(=O)(=O)O. The van der Waals surface area contributed by atoms with Crippen molar-refractivity contribution in [1.82, 2.24) is 4.90 Å². The lowest BCUT2D eigenvalue weighted by atomic mass is 9.78. The first kappa shape index (κ1) is 22.2. The standard InChI is InChI=1S/C16H21F2NO8S2/c1-5(2)19-10-11(27-7(4)20)13-9(8(14(19)21)12(10)28-13)15(22)26-6(3)16(17,18)29(23,24)25/h5-6,8-13H,1-4H3,(H,23,24,25). The Morgan fingerprint density at radius 2 is 1.83 bits per heavy atom. The number of hydrogen-bond donors (Lipinski definition) is 1. The highest BCUT2D eigenvalue weighted by atomic mass is 32.2. The molecular formula is C16H21F2NO8S2. The molecule has 29 heavy (non-hydrogen) atoms. The van der Waals surface area contributed by atoms with E-state index in [9.17, 15) is 31.6 Å². The number of amides is 1. The molecule has 0 aliphatic carbocycles. The van der Waals surface area contributed by atoms with E-state index >= 15 is 0 Å². The Morgan fingerprint density at radius 1 is 1.24 bits per heavy atom. The number of esters is 2. The second-order valence-corrected chi connectivity index (χ2v) is 10.5. The maximum Gasteiger partial charge on any atom is 0.405 e. The van der Waals surface area contributed by atoms with Crippen LogP contribution in [0.5, 0.6) is 0 Å². The summed E-state index contributed by atoms with van der Waals surface area (Å²) in [5.41, 5.74) is 0. The molecule has 3 heterocycles. The van der Waals surface area contributed by atoms with Gasteiger partial charge in [0.05, 0.1) is 23.1 Å². The van der Waals surface area contributed by atoms with Crippen molar-refractivity contribution in [3.63, 3.8) is 0 Å². The zero-order valence-electron chi connectivity index (χ0n) is 15.9. The average molecular weight is 457 g/mol. The Labute approximate surface area is 170 Å². The molecule has 0 aromatic rings. The van der Waals surface area contributed by atoms with Crippen LogP contribution in [0.15, 0.2) is 0 Å². The molecule has 1 amide bonds.